The molecule has 0 bridgehead atoms. The molecule has 0 fully saturated rings. The van der Waals surface area contributed by atoms with E-state index in [-0.39, 0.29) is 25.5 Å². The van der Waals surface area contributed by atoms with Gasteiger partial charge in [-0.2, -0.15) is 5.26 Å². The molecule has 0 spiro atoms. The van der Waals surface area contributed by atoms with Gasteiger partial charge in [0.25, 0.3) is 0 Å². The minimum atomic E-state index is -0.669. The number of ether oxygens (including phenoxy) is 3. The Morgan fingerprint density at radius 1 is 1.40 bits per heavy atom. The standard InChI is InChI=1S/C17H21N3O5/c1-5-24-15(21)13-6-12(20-16(22)25-17(2,3)4)14(19-13)11-9-23-8-10(11)7-18/h6,19H,5,8-9H2,1-4H3,(H,20,22). The van der Waals surface area contributed by atoms with Gasteiger partial charge in [0, 0.05) is 5.57 Å². The molecule has 1 aromatic rings. The van der Waals surface area contributed by atoms with Gasteiger partial charge in [0.15, 0.2) is 0 Å². The van der Waals surface area contributed by atoms with Gasteiger partial charge in [-0.25, -0.2) is 9.59 Å². The third kappa shape index (κ3) is 4.61. The zero-order valence-corrected chi connectivity index (χ0v) is 14.7. The first-order chi connectivity index (χ1) is 11.7. The molecule has 0 radical (unpaired) electrons. The molecule has 2 N–H and O–H groups in total. The van der Waals surface area contributed by atoms with Crippen LogP contribution in [0, 0.1) is 11.3 Å². The lowest BCUT2D eigenvalue weighted by molar-refractivity contribution is 0.0519. The number of carbonyl (C=O) groups is 2. The number of nitriles is 1. The summed E-state index contributed by atoms with van der Waals surface area (Å²) in [6.07, 6.45) is -0.666. The summed E-state index contributed by atoms with van der Waals surface area (Å²) in [4.78, 5) is 27.0. The monoisotopic (exact) mass is 347 g/mol. The van der Waals surface area contributed by atoms with Crippen LogP contribution in [-0.2, 0) is 14.2 Å². The molecule has 25 heavy (non-hydrogen) atoms. The van der Waals surface area contributed by atoms with Gasteiger partial charge >= 0.3 is 12.1 Å². The lowest BCUT2D eigenvalue weighted by Crippen LogP contribution is -2.27. The lowest BCUT2D eigenvalue weighted by Gasteiger charge is -2.19. The number of aromatic amines is 1. The molecule has 0 atom stereocenters. The molecule has 8 heteroatoms. The van der Waals surface area contributed by atoms with Crippen molar-refractivity contribution < 1.29 is 23.8 Å². The Labute approximate surface area is 145 Å². The maximum atomic E-state index is 12.1. The predicted octanol–water partition coefficient (Wildman–Crippen LogP) is 2.85. The maximum absolute atomic E-state index is 12.1. The zero-order valence-electron chi connectivity index (χ0n) is 14.7. The lowest BCUT2D eigenvalue weighted by atomic mass is 10.1. The fourth-order valence-electron chi connectivity index (χ4n) is 2.28. The summed E-state index contributed by atoms with van der Waals surface area (Å²) in [5.41, 5.74) is 1.28. The molecular formula is C17H21N3O5. The van der Waals surface area contributed by atoms with Crippen molar-refractivity contribution in [1.29, 1.82) is 5.26 Å². The van der Waals surface area contributed by atoms with Crippen LogP contribution in [0.15, 0.2) is 11.6 Å². The predicted molar refractivity (Wildman–Crippen MR) is 90.0 cm³/mol. The molecule has 1 aliphatic rings. The van der Waals surface area contributed by atoms with Gasteiger partial charge in [0.2, 0.25) is 0 Å². The van der Waals surface area contributed by atoms with Gasteiger partial charge in [0.05, 0.1) is 42.8 Å². The van der Waals surface area contributed by atoms with E-state index in [1.165, 1.54) is 6.07 Å². The summed E-state index contributed by atoms with van der Waals surface area (Å²) >= 11 is 0. The van der Waals surface area contributed by atoms with Crippen molar-refractivity contribution in [2.75, 3.05) is 25.1 Å². The van der Waals surface area contributed by atoms with Gasteiger partial charge in [-0.15, -0.1) is 0 Å². The van der Waals surface area contributed by atoms with Crippen LogP contribution in [0.4, 0.5) is 10.5 Å². The summed E-state index contributed by atoms with van der Waals surface area (Å²) in [6, 6.07) is 3.53. The van der Waals surface area contributed by atoms with E-state index in [4.69, 9.17) is 14.2 Å². The van der Waals surface area contributed by atoms with E-state index in [1.54, 1.807) is 27.7 Å². The van der Waals surface area contributed by atoms with Crippen LogP contribution in [0.1, 0.15) is 43.9 Å². The van der Waals surface area contributed by atoms with Crippen molar-refractivity contribution in [3.8, 4) is 6.07 Å². The number of aromatic nitrogens is 1. The quantitative estimate of drug-likeness (QED) is 0.810. The minimum absolute atomic E-state index is 0.166. The van der Waals surface area contributed by atoms with Crippen LogP contribution in [0.3, 0.4) is 0 Å². The van der Waals surface area contributed by atoms with Crippen LogP contribution >= 0.6 is 0 Å². The van der Waals surface area contributed by atoms with Crippen LogP contribution < -0.4 is 5.32 Å². The Kier molecular flexibility index (Phi) is 5.49. The smallest absolute Gasteiger partial charge is 0.412 e. The Hall–Kier alpha value is -2.79. The molecule has 2 heterocycles. The molecule has 0 aromatic carbocycles. The first kappa shape index (κ1) is 18.5. The highest BCUT2D eigenvalue weighted by molar-refractivity contribution is 5.96. The molecule has 0 aliphatic carbocycles. The van der Waals surface area contributed by atoms with Crippen LogP contribution in [0.2, 0.25) is 0 Å². The molecule has 2 rings (SSSR count). The first-order valence-electron chi connectivity index (χ1n) is 7.85. The zero-order chi connectivity index (χ0) is 18.6. The third-order valence-electron chi connectivity index (χ3n) is 3.24. The number of carbonyl (C=O) groups excluding carboxylic acids is 2. The Bertz CT molecular complexity index is 749. The highest BCUT2D eigenvalue weighted by Crippen LogP contribution is 2.31. The number of esters is 1. The van der Waals surface area contributed by atoms with Crippen LogP contribution in [-0.4, -0.2) is 42.5 Å². The van der Waals surface area contributed by atoms with E-state index in [0.717, 1.165) is 0 Å². The maximum Gasteiger partial charge on any atom is 0.412 e. The molecular weight excluding hydrogens is 326 g/mol. The highest BCUT2D eigenvalue weighted by atomic mass is 16.6. The number of amides is 1. The van der Waals surface area contributed by atoms with Crippen molar-refractivity contribution in [3.05, 3.63) is 23.0 Å². The van der Waals surface area contributed by atoms with Gasteiger partial charge in [0.1, 0.15) is 11.3 Å². The number of H-pyrrole nitrogens is 1. The summed E-state index contributed by atoms with van der Waals surface area (Å²) < 4.78 is 15.5. The molecule has 0 saturated carbocycles. The molecule has 0 saturated heterocycles. The Balaban J connectivity index is 2.38. The fraction of sp³-hybridized carbons (Fsp3) is 0.471. The second-order valence-electron chi connectivity index (χ2n) is 6.38. The van der Waals surface area contributed by atoms with E-state index in [9.17, 15) is 14.9 Å². The van der Waals surface area contributed by atoms with E-state index in [0.29, 0.717) is 22.5 Å². The molecule has 0 unspecified atom stereocenters. The number of hydrogen-bond donors (Lipinski definition) is 2. The average Bonchev–Trinajstić information content (AvgIpc) is 3.11. The topological polar surface area (TPSA) is 113 Å². The Morgan fingerprint density at radius 3 is 2.72 bits per heavy atom. The number of anilines is 1. The molecule has 1 aromatic heterocycles. The average molecular weight is 347 g/mol. The van der Waals surface area contributed by atoms with Gasteiger partial charge < -0.3 is 19.2 Å². The van der Waals surface area contributed by atoms with Crippen molar-refractivity contribution in [2.45, 2.75) is 33.3 Å². The number of rotatable bonds is 4. The van der Waals surface area contributed by atoms with Crippen molar-refractivity contribution in [2.24, 2.45) is 0 Å². The number of nitrogens with one attached hydrogen (secondary N) is 2. The second kappa shape index (κ2) is 7.40. The van der Waals surface area contributed by atoms with E-state index in [1.807, 2.05) is 0 Å². The fourth-order valence-corrected chi connectivity index (χ4v) is 2.28. The summed E-state index contributed by atoms with van der Waals surface area (Å²) in [6.45, 7) is 7.54. The number of hydrogen-bond acceptors (Lipinski definition) is 6. The summed E-state index contributed by atoms with van der Waals surface area (Å²) in [7, 11) is 0. The molecule has 8 nitrogen and oxygen atoms in total. The van der Waals surface area contributed by atoms with E-state index >= 15 is 0 Å². The summed E-state index contributed by atoms with van der Waals surface area (Å²) in [5, 5.41) is 11.8. The van der Waals surface area contributed by atoms with Gasteiger partial charge in [-0.3, -0.25) is 5.32 Å². The van der Waals surface area contributed by atoms with Crippen molar-refractivity contribution >= 4 is 23.3 Å². The molecule has 1 aliphatic heterocycles. The van der Waals surface area contributed by atoms with Gasteiger partial charge in [-0.1, -0.05) is 0 Å². The van der Waals surface area contributed by atoms with Crippen molar-refractivity contribution in [1.82, 2.24) is 4.98 Å². The normalized spacial score (nSPS) is 14.2. The van der Waals surface area contributed by atoms with Crippen molar-refractivity contribution in [3.63, 3.8) is 0 Å². The molecule has 1 amide bonds. The minimum Gasteiger partial charge on any atom is -0.461 e. The SMILES string of the molecule is CCOC(=O)c1cc(NC(=O)OC(C)(C)C)c(C2=C(C#N)COC2)[nH]1. The second-order valence-corrected chi connectivity index (χ2v) is 6.38. The van der Waals surface area contributed by atoms with Crippen LogP contribution in [0.25, 0.3) is 5.57 Å². The van der Waals surface area contributed by atoms with Crippen LogP contribution in [0.5, 0.6) is 0 Å². The third-order valence-corrected chi connectivity index (χ3v) is 3.24. The Morgan fingerprint density at radius 2 is 2.12 bits per heavy atom. The number of nitrogens with zero attached hydrogens (tertiary/aromatic N) is 1. The first-order valence-corrected chi connectivity index (χ1v) is 7.85. The largest absolute Gasteiger partial charge is 0.461 e. The highest BCUT2D eigenvalue weighted by Gasteiger charge is 2.25. The van der Waals surface area contributed by atoms with Gasteiger partial charge in [-0.05, 0) is 33.8 Å². The molecule has 134 valence electrons. The van der Waals surface area contributed by atoms with E-state index in [2.05, 4.69) is 16.4 Å². The summed E-state index contributed by atoms with van der Waals surface area (Å²) in [5.74, 6) is -0.556. The van der Waals surface area contributed by atoms with E-state index < -0.39 is 17.7 Å².